The zero-order valence-corrected chi connectivity index (χ0v) is 9.23. The molecule has 1 aliphatic carbocycles. The van der Waals surface area contributed by atoms with Gasteiger partial charge in [0.15, 0.2) is 0 Å². The number of amides is 1. The summed E-state index contributed by atoms with van der Waals surface area (Å²) < 4.78 is 0. The van der Waals surface area contributed by atoms with Crippen molar-refractivity contribution in [3.8, 4) is 0 Å². The first-order valence-electron chi connectivity index (χ1n) is 5.46. The van der Waals surface area contributed by atoms with Crippen LogP contribution in [0.2, 0.25) is 0 Å². The number of fused-ring (bicyclic) bond motifs is 1. The number of piperazine rings is 1. The lowest BCUT2D eigenvalue weighted by Crippen LogP contribution is -2.52. The van der Waals surface area contributed by atoms with Gasteiger partial charge in [0.05, 0.1) is 11.4 Å². The van der Waals surface area contributed by atoms with Crippen LogP contribution in [0.15, 0.2) is 30.2 Å². The topological polar surface area (TPSA) is 66.9 Å². The first-order chi connectivity index (χ1) is 8.24. The number of nitrogens with one attached hydrogen (secondary N) is 2. The molecule has 1 fully saturated rings. The molecule has 1 aromatic heterocycles. The van der Waals surface area contributed by atoms with E-state index in [2.05, 4.69) is 27.2 Å². The second-order valence-corrected chi connectivity index (χ2v) is 4.19. The zero-order chi connectivity index (χ0) is 11.8. The number of carbonyl (C=O) groups is 1. The number of nitrogens with zero attached hydrogens (tertiary/aromatic N) is 2. The van der Waals surface area contributed by atoms with E-state index in [1.54, 1.807) is 12.4 Å². The van der Waals surface area contributed by atoms with Crippen LogP contribution >= 0.6 is 0 Å². The van der Waals surface area contributed by atoms with Crippen molar-refractivity contribution < 1.29 is 4.79 Å². The lowest BCUT2D eigenvalue weighted by atomic mass is 10.0. The van der Waals surface area contributed by atoms with E-state index >= 15 is 0 Å². The fourth-order valence-electron chi connectivity index (χ4n) is 2.15. The maximum atomic E-state index is 11.8. The molecule has 1 aliphatic heterocycles. The molecule has 1 saturated heterocycles. The summed E-state index contributed by atoms with van der Waals surface area (Å²) in [6, 6.07) is -0.295. The molecule has 0 bridgehead atoms. The molecule has 2 aliphatic rings. The summed E-state index contributed by atoms with van der Waals surface area (Å²) >= 11 is 0. The van der Waals surface area contributed by atoms with Crippen molar-refractivity contribution in [3.63, 3.8) is 0 Å². The van der Waals surface area contributed by atoms with Crippen molar-refractivity contribution in [3.05, 3.63) is 41.6 Å². The maximum absolute atomic E-state index is 11.8. The van der Waals surface area contributed by atoms with E-state index in [-0.39, 0.29) is 11.9 Å². The van der Waals surface area contributed by atoms with Crippen molar-refractivity contribution in [1.29, 1.82) is 0 Å². The number of hydrogen-bond donors (Lipinski definition) is 2. The maximum Gasteiger partial charge on any atom is 0.245 e. The van der Waals surface area contributed by atoms with Crippen molar-refractivity contribution in [2.24, 2.45) is 0 Å². The molecule has 5 nitrogen and oxygen atoms in total. The Morgan fingerprint density at radius 1 is 1.35 bits per heavy atom. The summed E-state index contributed by atoms with van der Waals surface area (Å²) in [7, 11) is 0. The first kappa shape index (κ1) is 10.2. The molecule has 0 saturated carbocycles. The third-order valence-corrected chi connectivity index (χ3v) is 2.95. The van der Waals surface area contributed by atoms with Gasteiger partial charge < -0.3 is 5.32 Å². The van der Waals surface area contributed by atoms with Gasteiger partial charge in [-0.2, -0.15) is 0 Å². The average molecular weight is 228 g/mol. The Kier molecular flexibility index (Phi) is 2.26. The van der Waals surface area contributed by atoms with Gasteiger partial charge in [0, 0.05) is 31.1 Å². The van der Waals surface area contributed by atoms with Crippen LogP contribution in [-0.2, 0) is 11.2 Å². The molecule has 1 amide bonds. The Bertz CT molecular complexity index is 535. The van der Waals surface area contributed by atoms with Gasteiger partial charge in [0.25, 0.3) is 0 Å². The van der Waals surface area contributed by atoms with Crippen molar-refractivity contribution in [2.75, 3.05) is 6.54 Å². The van der Waals surface area contributed by atoms with Crippen LogP contribution in [0.5, 0.6) is 0 Å². The van der Waals surface area contributed by atoms with Gasteiger partial charge >= 0.3 is 0 Å². The van der Waals surface area contributed by atoms with Gasteiger partial charge in [-0.3, -0.25) is 20.1 Å². The predicted molar refractivity (Wildman–Crippen MR) is 62.8 cm³/mol. The molecule has 2 heterocycles. The number of hydrogen-bond acceptors (Lipinski definition) is 4. The van der Waals surface area contributed by atoms with Gasteiger partial charge in [0.2, 0.25) is 5.91 Å². The van der Waals surface area contributed by atoms with E-state index in [1.807, 2.05) is 6.08 Å². The predicted octanol–water partition coefficient (Wildman–Crippen LogP) is 0.0178. The van der Waals surface area contributed by atoms with E-state index in [1.165, 1.54) is 0 Å². The summed E-state index contributed by atoms with van der Waals surface area (Å²) in [4.78, 5) is 20.3. The molecule has 1 aromatic rings. The molecule has 1 atom stereocenters. The van der Waals surface area contributed by atoms with Gasteiger partial charge in [-0.05, 0) is 11.6 Å². The van der Waals surface area contributed by atoms with E-state index in [0.717, 1.165) is 17.0 Å². The van der Waals surface area contributed by atoms with Crippen LogP contribution in [0.4, 0.5) is 0 Å². The van der Waals surface area contributed by atoms with Crippen molar-refractivity contribution in [1.82, 2.24) is 20.6 Å². The number of carbonyl (C=O) groups excluding carboxylic acids is 1. The molecule has 3 rings (SSSR count). The number of rotatable bonds is 1. The van der Waals surface area contributed by atoms with Gasteiger partial charge in [-0.1, -0.05) is 6.58 Å². The van der Waals surface area contributed by atoms with Gasteiger partial charge in [0.1, 0.15) is 6.04 Å². The smallest absolute Gasteiger partial charge is 0.245 e. The zero-order valence-electron chi connectivity index (χ0n) is 9.23. The molecule has 17 heavy (non-hydrogen) atoms. The highest BCUT2D eigenvalue weighted by Gasteiger charge is 2.30. The van der Waals surface area contributed by atoms with Crippen molar-refractivity contribution >= 4 is 12.0 Å². The molecular formula is C12H12N4O. The lowest BCUT2D eigenvalue weighted by molar-refractivity contribution is -0.122. The van der Waals surface area contributed by atoms with E-state index < -0.39 is 0 Å². The SMILES string of the molecule is C=C1CNC(C2=Cc3nccnc3C2)C(=O)N1. The van der Waals surface area contributed by atoms with E-state index in [0.29, 0.717) is 18.7 Å². The minimum Gasteiger partial charge on any atom is -0.327 e. The van der Waals surface area contributed by atoms with Crippen LogP contribution in [0.25, 0.3) is 6.08 Å². The average Bonchev–Trinajstić information content (AvgIpc) is 2.72. The Labute approximate surface area is 98.7 Å². The highest BCUT2D eigenvalue weighted by atomic mass is 16.2. The molecule has 2 N–H and O–H groups in total. The monoisotopic (exact) mass is 228 g/mol. The molecule has 5 heteroatoms. The fraction of sp³-hybridized carbons (Fsp3) is 0.250. The third-order valence-electron chi connectivity index (χ3n) is 2.95. The Balaban J connectivity index is 1.84. The highest BCUT2D eigenvalue weighted by molar-refractivity contribution is 5.89. The van der Waals surface area contributed by atoms with E-state index in [9.17, 15) is 4.79 Å². The summed E-state index contributed by atoms with van der Waals surface area (Å²) in [6.45, 7) is 4.33. The second-order valence-electron chi connectivity index (χ2n) is 4.19. The van der Waals surface area contributed by atoms with Crippen LogP contribution in [-0.4, -0.2) is 28.5 Å². The van der Waals surface area contributed by atoms with Crippen LogP contribution < -0.4 is 10.6 Å². The third kappa shape index (κ3) is 1.74. The summed E-state index contributed by atoms with van der Waals surface area (Å²) in [6.07, 6.45) is 5.95. The largest absolute Gasteiger partial charge is 0.327 e. The highest BCUT2D eigenvalue weighted by Crippen LogP contribution is 2.24. The molecule has 86 valence electrons. The molecular weight excluding hydrogens is 216 g/mol. The molecule has 0 aromatic carbocycles. The molecule has 0 radical (unpaired) electrons. The normalized spacial score (nSPS) is 23.1. The van der Waals surface area contributed by atoms with E-state index in [4.69, 9.17) is 0 Å². The fourth-order valence-corrected chi connectivity index (χ4v) is 2.15. The first-order valence-corrected chi connectivity index (χ1v) is 5.46. The minimum absolute atomic E-state index is 0.0553. The summed E-state index contributed by atoms with van der Waals surface area (Å²) in [5.74, 6) is -0.0553. The second kappa shape index (κ2) is 3.78. The Hall–Kier alpha value is -2.01. The lowest BCUT2D eigenvalue weighted by Gasteiger charge is -2.25. The number of aromatic nitrogens is 2. The van der Waals surface area contributed by atoms with Crippen LogP contribution in [0.1, 0.15) is 11.4 Å². The Morgan fingerprint density at radius 3 is 2.94 bits per heavy atom. The minimum atomic E-state index is -0.295. The van der Waals surface area contributed by atoms with Crippen LogP contribution in [0, 0.1) is 0 Å². The van der Waals surface area contributed by atoms with Gasteiger partial charge in [-0.25, -0.2) is 0 Å². The quantitative estimate of drug-likeness (QED) is 0.711. The Morgan fingerprint density at radius 2 is 2.18 bits per heavy atom. The van der Waals surface area contributed by atoms with Crippen molar-refractivity contribution in [2.45, 2.75) is 12.5 Å². The molecule has 0 spiro atoms. The van der Waals surface area contributed by atoms with Crippen LogP contribution in [0.3, 0.4) is 0 Å². The summed E-state index contributed by atoms with van der Waals surface area (Å²) in [5.41, 5.74) is 3.51. The summed E-state index contributed by atoms with van der Waals surface area (Å²) in [5, 5.41) is 5.92. The van der Waals surface area contributed by atoms with Gasteiger partial charge in [-0.15, -0.1) is 0 Å². The molecule has 1 unspecified atom stereocenters. The standard InChI is InChI=1S/C12H12N4O/c1-7-6-15-11(12(17)16-7)8-4-9-10(5-8)14-3-2-13-9/h2-4,11,15H,1,5-6H2,(H,16,17).